The van der Waals surface area contributed by atoms with Crippen LogP contribution in [0.1, 0.15) is 45.7 Å². The predicted octanol–water partition coefficient (Wildman–Crippen LogP) is 4.49. The summed E-state index contributed by atoms with van der Waals surface area (Å²) < 4.78 is 0. The van der Waals surface area contributed by atoms with Crippen LogP contribution in [0.15, 0.2) is 18.2 Å². The molecule has 0 amide bonds. The van der Waals surface area contributed by atoms with Crippen LogP contribution in [0.2, 0.25) is 5.02 Å². The zero-order valence-corrected chi connectivity index (χ0v) is 13.6. The molecule has 0 fully saturated rings. The number of nitrogens with zero attached hydrogens (tertiary/aromatic N) is 1. The minimum absolute atomic E-state index is 0.298. The highest BCUT2D eigenvalue weighted by Crippen LogP contribution is 2.28. The first-order valence-corrected chi connectivity index (χ1v) is 7.61. The Bertz CT molecular complexity index is 392. The molecule has 0 saturated carbocycles. The zero-order chi connectivity index (χ0) is 14.4. The third kappa shape index (κ3) is 4.70. The Morgan fingerprint density at radius 3 is 2.47 bits per heavy atom. The van der Waals surface area contributed by atoms with Crippen molar-refractivity contribution in [3.8, 4) is 0 Å². The molecule has 2 unspecified atom stereocenters. The van der Waals surface area contributed by atoms with Crippen molar-refractivity contribution in [1.29, 1.82) is 0 Å². The Morgan fingerprint density at radius 2 is 1.95 bits per heavy atom. The van der Waals surface area contributed by atoms with Gasteiger partial charge in [0.05, 0.1) is 0 Å². The van der Waals surface area contributed by atoms with Gasteiger partial charge in [-0.05, 0) is 37.1 Å². The molecule has 1 aromatic rings. The first-order valence-electron chi connectivity index (χ1n) is 7.23. The summed E-state index contributed by atoms with van der Waals surface area (Å²) in [6, 6.07) is 6.68. The number of benzene rings is 1. The molecule has 2 nitrogen and oxygen atoms in total. The van der Waals surface area contributed by atoms with Gasteiger partial charge in [0.25, 0.3) is 0 Å². The second kappa shape index (κ2) is 7.76. The molecule has 0 aliphatic heterocycles. The molecule has 1 rings (SSSR count). The van der Waals surface area contributed by atoms with Crippen LogP contribution >= 0.6 is 11.6 Å². The van der Waals surface area contributed by atoms with Crippen LogP contribution < -0.4 is 10.2 Å². The number of rotatable bonds is 7. The van der Waals surface area contributed by atoms with Crippen molar-refractivity contribution in [3.05, 3.63) is 28.8 Å². The van der Waals surface area contributed by atoms with E-state index in [1.165, 1.54) is 17.7 Å². The lowest BCUT2D eigenvalue weighted by Crippen LogP contribution is -2.24. The lowest BCUT2D eigenvalue weighted by molar-refractivity contribution is 0.559. The summed E-state index contributed by atoms with van der Waals surface area (Å²) in [5.41, 5.74) is 2.36. The Balaban J connectivity index is 2.81. The maximum atomic E-state index is 6.41. The van der Waals surface area contributed by atoms with Crippen molar-refractivity contribution in [2.45, 2.75) is 40.2 Å². The van der Waals surface area contributed by atoms with Crippen molar-refractivity contribution in [2.24, 2.45) is 5.92 Å². The number of anilines is 1. The Labute approximate surface area is 123 Å². The molecule has 19 heavy (non-hydrogen) atoms. The molecule has 0 radical (unpaired) electrons. The number of hydrogen-bond donors (Lipinski definition) is 1. The molecule has 0 spiro atoms. The number of hydrogen-bond acceptors (Lipinski definition) is 2. The van der Waals surface area contributed by atoms with Gasteiger partial charge in [0.1, 0.15) is 0 Å². The van der Waals surface area contributed by atoms with Gasteiger partial charge in [0, 0.05) is 30.3 Å². The molecular formula is C16H27ClN2. The van der Waals surface area contributed by atoms with E-state index in [1.54, 1.807) is 0 Å². The Kier molecular flexibility index (Phi) is 6.67. The monoisotopic (exact) mass is 282 g/mol. The van der Waals surface area contributed by atoms with E-state index in [0.29, 0.717) is 12.0 Å². The standard InChI is InChI=1S/C16H27ClN2/c1-6-12(3)11-19(5)14-8-9-15(16(17)10-14)13(4)18-7-2/h8-10,12-13,18H,6-7,11H2,1-5H3. The second-order valence-electron chi connectivity index (χ2n) is 5.38. The molecule has 2 atom stereocenters. The predicted molar refractivity (Wildman–Crippen MR) is 86.3 cm³/mol. The zero-order valence-electron chi connectivity index (χ0n) is 12.8. The molecule has 1 aromatic carbocycles. The fourth-order valence-electron chi connectivity index (χ4n) is 2.22. The third-order valence-corrected chi connectivity index (χ3v) is 4.01. The van der Waals surface area contributed by atoms with Gasteiger partial charge in [-0.15, -0.1) is 0 Å². The number of halogens is 1. The highest BCUT2D eigenvalue weighted by molar-refractivity contribution is 6.31. The van der Waals surface area contributed by atoms with Crippen molar-refractivity contribution in [2.75, 3.05) is 25.0 Å². The average Bonchev–Trinajstić information content (AvgIpc) is 2.38. The minimum atomic E-state index is 0.298. The van der Waals surface area contributed by atoms with Gasteiger partial charge in [-0.3, -0.25) is 0 Å². The third-order valence-electron chi connectivity index (χ3n) is 3.68. The maximum Gasteiger partial charge on any atom is 0.0474 e. The van der Waals surface area contributed by atoms with E-state index >= 15 is 0 Å². The quantitative estimate of drug-likeness (QED) is 0.792. The van der Waals surface area contributed by atoms with Crippen LogP contribution in [-0.4, -0.2) is 20.1 Å². The molecule has 0 bridgehead atoms. The summed E-state index contributed by atoms with van der Waals surface area (Å²) in [5, 5.41) is 4.24. The van der Waals surface area contributed by atoms with Crippen LogP contribution in [0.5, 0.6) is 0 Å². The summed E-state index contributed by atoms with van der Waals surface area (Å²) in [7, 11) is 2.13. The smallest absolute Gasteiger partial charge is 0.0474 e. The van der Waals surface area contributed by atoms with Crippen LogP contribution in [0, 0.1) is 5.92 Å². The summed E-state index contributed by atoms with van der Waals surface area (Å²) in [5.74, 6) is 0.698. The van der Waals surface area contributed by atoms with Gasteiger partial charge in [-0.1, -0.05) is 44.9 Å². The van der Waals surface area contributed by atoms with Crippen LogP contribution in [-0.2, 0) is 0 Å². The summed E-state index contributed by atoms with van der Waals surface area (Å²) in [6.45, 7) is 10.8. The van der Waals surface area contributed by atoms with Crippen molar-refractivity contribution < 1.29 is 0 Å². The van der Waals surface area contributed by atoms with Crippen LogP contribution in [0.25, 0.3) is 0 Å². The molecule has 0 aromatic heterocycles. The topological polar surface area (TPSA) is 15.3 Å². The molecule has 0 heterocycles. The Morgan fingerprint density at radius 1 is 1.26 bits per heavy atom. The van der Waals surface area contributed by atoms with E-state index in [1.807, 2.05) is 0 Å². The summed E-state index contributed by atoms with van der Waals surface area (Å²) >= 11 is 6.41. The molecular weight excluding hydrogens is 256 g/mol. The Hall–Kier alpha value is -0.730. The van der Waals surface area contributed by atoms with Gasteiger partial charge in [-0.2, -0.15) is 0 Å². The van der Waals surface area contributed by atoms with E-state index < -0.39 is 0 Å². The van der Waals surface area contributed by atoms with E-state index in [0.717, 1.165) is 18.1 Å². The highest BCUT2D eigenvalue weighted by atomic mass is 35.5. The van der Waals surface area contributed by atoms with Crippen molar-refractivity contribution in [1.82, 2.24) is 5.32 Å². The fraction of sp³-hybridized carbons (Fsp3) is 0.625. The van der Waals surface area contributed by atoms with E-state index in [9.17, 15) is 0 Å². The highest BCUT2D eigenvalue weighted by Gasteiger charge is 2.11. The normalized spacial score (nSPS) is 14.2. The average molecular weight is 283 g/mol. The van der Waals surface area contributed by atoms with E-state index in [4.69, 9.17) is 11.6 Å². The minimum Gasteiger partial charge on any atom is -0.374 e. The second-order valence-corrected chi connectivity index (χ2v) is 5.79. The maximum absolute atomic E-state index is 6.41. The molecule has 0 aliphatic carbocycles. The van der Waals surface area contributed by atoms with Gasteiger partial charge >= 0.3 is 0 Å². The van der Waals surface area contributed by atoms with Crippen LogP contribution in [0.3, 0.4) is 0 Å². The van der Waals surface area contributed by atoms with Crippen LogP contribution in [0.4, 0.5) is 5.69 Å². The lowest BCUT2D eigenvalue weighted by Gasteiger charge is -2.24. The largest absolute Gasteiger partial charge is 0.374 e. The van der Waals surface area contributed by atoms with Gasteiger partial charge < -0.3 is 10.2 Å². The lowest BCUT2D eigenvalue weighted by atomic mass is 10.1. The SMILES string of the molecule is CCNC(C)c1ccc(N(C)CC(C)CC)cc1Cl. The van der Waals surface area contributed by atoms with Gasteiger partial charge in [0.2, 0.25) is 0 Å². The van der Waals surface area contributed by atoms with Crippen molar-refractivity contribution >= 4 is 17.3 Å². The van der Waals surface area contributed by atoms with E-state index in [2.05, 4.69) is 63.2 Å². The van der Waals surface area contributed by atoms with Gasteiger partial charge in [0.15, 0.2) is 0 Å². The summed E-state index contributed by atoms with van der Waals surface area (Å²) in [4.78, 5) is 2.28. The molecule has 3 heteroatoms. The van der Waals surface area contributed by atoms with Gasteiger partial charge in [-0.25, -0.2) is 0 Å². The molecule has 108 valence electrons. The molecule has 0 saturated heterocycles. The molecule has 0 aliphatic rings. The number of nitrogens with one attached hydrogen (secondary N) is 1. The van der Waals surface area contributed by atoms with E-state index in [-0.39, 0.29) is 0 Å². The van der Waals surface area contributed by atoms with Crippen molar-refractivity contribution in [3.63, 3.8) is 0 Å². The fourth-order valence-corrected chi connectivity index (χ4v) is 2.56. The summed E-state index contributed by atoms with van der Waals surface area (Å²) in [6.07, 6.45) is 1.20. The first-order chi connectivity index (χ1) is 8.99. The first kappa shape index (κ1) is 16.3. The molecule has 1 N–H and O–H groups in total.